The van der Waals surface area contributed by atoms with Crippen LogP contribution in [0.4, 0.5) is 0 Å². The van der Waals surface area contributed by atoms with E-state index in [1.807, 2.05) is 6.92 Å². The SMILES string of the molecule is CC1(N)CCCCC1C(=O)NCCC1CCNC1. The first-order valence-corrected chi connectivity index (χ1v) is 7.37. The van der Waals surface area contributed by atoms with E-state index in [-0.39, 0.29) is 17.4 Å². The van der Waals surface area contributed by atoms with Crippen molar-refractivity contribution in [1.82, 2.24) is 10.6 Å². The summed E-state index contributed by atoms with van der Waals surface area (Å²) in [6, 6.07) is 0. The fraction of sp³-hybridized carbons (Fsp3) is 0.929. The Kier molecular flexibility index (Phi) is 4.62. The van der Waals surface area contributed by atoms with Crippen LogP contribution < -0.4 is 16.4 Å². The molecule has 3 unspecified atom stereocenters. The molecule has 1 aliphatic carbocycles. The Hall–Kier alpha value is -0.610. The second-order valence-corrected chi connectivity index (χ2v) is 6.24. The van der Waals surface area contributed by atoms with E-state index < -0.39 is 0 Å². The normalized spacial score (nSPS) is 36.6. The molecule has 4 N–H and O–H groups in total. The average molecular weight is 253 g/mol. The Labute approximate surface area is 110 Å². The fourth-order valence-electron chi connectivity index (χ4n) is 3.27. The topological polar surface area (TPSA) is 67.2 Å². The van der Waals surface area contributed by atoms with Gasteiger partial charge in [0, 0.05) is 12.1 Å². The third kappa shape index (κ3) is 3.45. The first-order valence-electron chi connectivity index (χ1n) is 7.37. The molecule has 2 rings (SSSR count). The van der Waals surface area contributed by atoms with Gasteiger partial charge < -0.3 is 16.4 Å². The molecule has 3 atom stereocenters. The second-order valence-electron chi connectivity index (χ2n) is 6.24. The van der Waals surface area contributed by atoms with Crippen LogP contribution in [-0.4, -0.2) is 31.1 Å². The van der Waals surface area contributed by atoms with Gasteiger partial charge in [-0.15, -0.1) is 0 Å². The number of carbonyl (C=O) groups excluding carboxylic acids is 1. The van der Waals surface area contributed by atoms with Crippen LogP contribution in [-0.2, 0) is 4.79 Å². The molecular formula is C14H27N3O. The van der Waals surface area contributed by atoms with Gasteiger partial charge in [0.1, 0.15) is 0 Å². The number of nitrogens with two attached hydrogens (primary N) is 1. The molecule has 0 aromatic rings. The Balaban J connectivity index is 1.73. The van der Waals surface area contributed by atoms with Gasteiger partial charge in [-0.3, -0.25) is 4.79 Å². The summed E-state index contributed by atoms with van der Waals surface area (Å²) in [4.78, 5) is 12.2. The zero-order valence-electron chi connectivity index (χ0n) is 11.5. The highest BCUT2D eigenvalue weighted by Crippen LogP contribution is 2.31. The highest BCUT2D eigenvalue weighted by molar-refractivity contribution is 5.80. The number of carbonyl (C=O) groups is 1. The molecule has 104 valence electrons. The Bertz CT molecular complexity index is 285. The fourth-order valence-corrected chi connectivity index (χ4v) is 3.27. The van der Waals surface area contributed by atoms with Gasteiger partial charge in [-0.25, -0.2) is 0 Å². The quantitative estimate of drug-likeness (QED) is 0.700. The highest BCUT2D eigenvalue weighted by Gasteiger charge is 2.37. The van der Waals surface area contributed by atoms with Crippen molar-refractivity contribution in [3.63, 3.8) is 0 Å². The maximum Gasteiger partial charge on any atom is 0.224 e. The lowest BCUT2D eigenvalue weighted by Gasteiger charge is -2.37. The van der Waals surface area contributed by atoms with E-state index in [1.54, 1.807) is 0 Å². The van der Waals surface area contributed by atoms with Crippen LogP contribution >= 0.6 is 0 Å². The van der Waals surface area contributed by atoms with Crippen molar-refractivity contribution in [1.29, 1.82) is 0 Å². The molecule has 4 heteroatoms. The molecule has 0 aromatic heterocycles. The van der Waals surface area contributed by atoms with Crippen molar-refractivity contribution in [2.24, 2.45) is 17.6 Å². The zero-order valence-corrected chi connectivity index (χ0v) is 11.5. The zero-order chi connectivity index (χ0) is 13.0. The number of amides is 1. The van der Waals surface area contributed by atoms with Gasteiger partial charge in [-0.1, -0.05) is 12.8 Å². The predicted octanol–water partition coefficient (Wildman–Crippen LogP) is 1.01. The first-order chi connectivity index (χ1) is 8.59. The maximum atomic E-state index is 12.2. The molecular weight excluding hydrogens is 226 g/mol. The third-order valence-corrected chi connectivity index (χ3v) is 4.58. The van der Waals surface area contributed by atoms with Crippen molar-refractivity contribution < 1.29 is 4.79 Å². The number of nitrogens with one attached hydrogen (secondary N) is 2. The van der Waals surface area contributed by atoms with Gasteiger partial charge in [0.2, 0.25) is 5.91 Å². The standard InChI is InChI=1S/C14H27N3O/c1-14(15)7-3-2-4-12(14)13(18)17-9-6-11-5-8-16-10-11/h11-12,16H,2-10,15H2,1H3,(H,17,18). The number of hydrogen-bond donors (Lipinski definition) is 3. The van der Waals surface area contributed by atoms with Gasteiger partial charge in [0.25, 0.3) is 0 Å². The van der Waals surface area contributed by atoms with Crippen LogP contribution in [0, 0.1) is 11.8 Å². The van der Waals surface area contributed by atoms with E-state index >= 15 is 0 Å². The van der Waals surface area contributed by atoms with Crippen LogP contribution in [0.3, 0.4) is 0 Å². The minimum absolute atomic E-state index is 0.00736. The van der Waals surface area contributed by atoms with Gasteiger partial charge in [-0.2, -0.15) is 0 Å². The van der Waals surface area contributed by atoms with Crippen molar-refractivity contribution in [3.05, 3.63) is 0 Å². The Morgan fingerprint density at radius 2 is 2.28 bits per heavy atom. The minimum atomic E-state index is -0.308. The summed E-state index contributed by atoms with van der Waals surface area (Å²) >= 11 is 0. The van der Waals surface area contributed by atoms with E-state index in [2.05, 4.69) is 10.6 Å². The van der Waals surface area contributed by atoms with E-state index in [9.17, 15) is 4.79 Å². The van der Waals surface area contributed by atoms with E-state index in [1.165, 1.54) is 6.42 Å². The summed E-state index contributed by atoms with van der Waals surface area (Å²) in [7, 11) is 0. The van der Waals surface area contributed by atoms with Crippen molar-refractivity contribution in [3.8, 4) is 0 Å². The molecule has 0 aromatic carbocycles. The largest absolute Gasteiger partial charge is 0.356 e. The highest BCUT2D eigenvalue weighted by atomic mass is 16.1. The second kappa shape index (κ2) is 6.02. The van der Waals surface area contributed by atoms with Crippen LogP contribution in [0.15, 0.2) is 0 Å². The van der Waals surface area contributed by atoms with Crippen LogP contribution in [0.2, 0.25) is 0 Å². The summed E-state index contributed by atoms with van der Waals surface area (Å²) in [6.45, 7) is 5.06. The van der Waals surface area contributed by atoms with Crippen LogP contribution in [0.25, 0.3) is 0 Å². The van der Waals surface area contributed by atoms with Crippen LogP contribution in [0.5, 0.6) is 0 Å². The maximum absolute atomic E-state index is 12.2. The molecule has 0 bridgehead atoms. The minimum Gasteiger partial charge on any atom is -0.356 e. The van der Waals surface area contributed by atoms with Gasteiger partial charge in [0.05, 0.1) is 5.92 Å². The lowest BCUT2D eigenvalue weighted by atomic mass is 9.74. The summed E-state index contributed by atoms with van der Waals surface area (Å²) in [5.74, 6) is 0.916. The van der Waals surface area contributed by atoms with E-state index in [0.717, 1.165) is 57.7 Å². The summed E-state index contributed by atoms with van der Waals surface area (Å²) in [5.41, 5.74) is 5.94. The van der Waals surface area contributed by atoms with Crippen LogP contribution in [0.1, 0.15) is 45.4 Å². The molecule has 2 aliphatic rings. The molecule has 1 saturated heterocycles. The van der Waals surface area contributed by atoms with Gasteiger partial charge in [-0.05, 0) is 51.6 Å². The molecule has 1 amide bonds. The van der Waals surface area contributed by atoms with Crippen molar-refractivity contribution >= 4 is 5.91 Å². The lowest BCUT2D eigenvalue weighted by Crippen LogP contribution is -2.53. The van der Waals surface area contributed by atoms with Crippen molar-refractivity contribution in [2.75, 3.05) is 19.6 Å². The summed E-state index contributed by atoms with van der Waals surface area (Å²) < 4.78 is 0. The lowest BCUT2D eigenvalue weighted by molar-refractivity contribution is -0.128. The summed E-state index contributed by atoms with van der Waals surface area (Å²) in [5, 5.41) is 6.44. The third-order valence-electron chi connectivity index (χ3n) is 4.58. The number of hydrogen-bond acceptors (Lipinski definition) is 3. The van der Waals surface area contributed by atoms with E-state index in [4.69, 9.17) is 5.73 Å². The first kappa shape index (κ1) is 13.8. The molecule has 0 spiro atoms. The number of rotatable bonds is 4. The van der Waals surface area contributed by atoms with Gasteiger partial charge in [0.15, 0.2) is 0 Å². The smallest absolute Gasteiger partial charge is 0.224 e. The molecule has 18 heavy (non-hydrogen) atoms. The average Bonchev–Trinajstić information content (AvgIpc) is 2.81. The molecule has 2 fully saturated rings. The molecule has 1 heterocycles. The molecule has 1 aliphatic heterocycles. The molecule has 0 radical (unpaired) electrons. The predicted molar refractivity (Wildman–Crippen MR) is 73.2 cm³/mol. The van der Waals surface area contributed by atoms with Crippen molar-refractivity contribution in [2.45, 2.75) is 51.0 Å². The molecule has 4 nitrogen and oxygen atoms in total. The van der Waals surface area contributed by atoms with Gasteiger partial charge >= 0.3 is 0 Å². The Morgan fingerprint density at radius 1 is 1.44 bits per heavy atom. The van der Waals surface area contributed by atoms with E-state index in [0.29, 0.717) is 0 Å². The molecule has 1 saturated carbocycles. The Morgan fingerprint density at radius 3 is 2.94 bits per heavy atom. The summed E-state index contributed by atoms with van der Waals surface area (Å²) in [6.07, 6.45) is 6.55. The monoisotopic (exact) mass is 253 g/mol.